The van der Waals surface area contributed by atoms with Crippen LogP contribution in [0.2, 0.25) is 0 Å². The maximum Gasteiger partial charge on any atom is 0.281 e. The minimum Gasteiger partial charge on any atom is -0.266 e. The second kappa shape index (κ2) is 6.92. The molecule has 6 nitrogen and oxygen atoms in total. The fourth-order valence-corrected chi connectivity index (χ4v) is 3.82. The number of nitrogens with zero attached hydrogens (tertiary/aromatic N) is 2. The number of hydrogen-bond acceptors (Lipinski definition) is 5. The Morgan fingerprint density at radius 2 is 2.17 bits per heavy atom. The number of benzene rings is 1. The highest BCUT2D eigenvalue weighted by atomic mass is 32.1. The number of fused-ring (bicyclic) bond motifs is 1. The standard InChI is InChI=1S/C17H17N3O3S/c1-11-2-7-15-13(8-11)9-16(24-15)17(21)19-18-10-12-3-5-14(6-4-12)20(22)23/h3-6,9-11H,2,7-8H2,1H3,(H,19,21)/b18-10-/t11-/m1/s1. The van der Waals surface area contributed by atoms with Gasteiger partial charge in [0.1, 0.15) is 0 Å². The summed E-state index contributed by atoms with van der Waals surface area (Å²) in [6.45, 7) is 2.23. The van der Waals surface area contributed by atoms with E-state index in [9.17, 15) is 14.9 Å². The average molecular weight is 343 g/mol. The number of nitrogens with one attached hydrogen (secondary N) is 1. The first-order valence-electron chi connectivity index (χ1n) is 7.72. The number of nitro benzene ring substituents is 1. The molecule has 1 aliphatic rings. The number of non-ortho nitro benzene ring substituents is 1. The van der Waals surface area contributed by atoms with E-state index in [0.29, 0.717) is 16.4 Å². The number of carbonyl (C=O) groups is 1. The molecule has 1 heterocycles. The smallest absolute Gasteiger partial charge is 0.266 e. The van der Waals surface area contributed by atoms with Crippen LogP contribution in [0.25, 0.3) is 0 Å². The zero-order chi connectivity index (χ0) is 17.1. The van der Waals surface area contributed by atoms with Gasteiger partial charge in [-0.05, 0) is 54.5 Å². The Morgan fingerprint density at radius 3 is 2.88 bits per heavy atom. The van der Waals surface area contributed by atoms with E-state index in [-0.39, 0.29) is 11.6 Å². The van der Waals surface area contributed by atoms with E-state index in [1.807, 2.05) is 6.07 Å². The van der Waals surface area contributed by atoms with Gasteiger partial charge in [0.2, 0.25) is 0 Å². The Kier molecular flexibility index (Phi) is 4.71. The third-order valence-corrected chi connectivity index (χ3v) is 5.27. The van der Waals surface area contributed by atoms with Crippen molar-refractivity contribution in [1.29, 1.82) is 0 Å². The Labute approximate surface area is 143 Å². The van der Waals surface area contributed by atoms with Crippen molar-refractivity contribution >= 4 is 29.1 Å². The number of amides is 1. The molecule has 0 spiro atoms. The molecule has 0 bridgehead atoms. The fraction of sp³-hybridized carbons (Fsp3) is 0.294. The summed E-state index contributed by atoms with van der Waals surface area (Å²) in [5, 5.41) is 14.5. The van der Waals surface area contributed by atoms with Crippen molar-refractivity contribution in [2.24, 2.45) is 11.0 Å². The van der Waals surface area contributed by atoms with E-state index < -0.39 is 4.92 Å². The molecule has 0 saturated heterocycles. The molecule has 1 amide bonds. The van der Waals surface area contributed by atoms with Crippen molar-refractivity contribution in [3.05, 3.63) is 61.3 Å². The summed E-state index contributed by atoms with van der Waals surface area (Å²) in [5.74, 6) is 0.448. The molecule has 24 heavy (non-hydrogen) atoms. The van der Waals surface area contributed by atoms with Crippen LogP contribution < -0.4 is 5.43 Å². The Bertz CT molecular complexity index is 796. The van der Waals surface area contributed by atoms with Crippen molar-refractivity contribution in [3.63, 3.8) is 0 Å². The Balaban J connectivity index is 1.62. The lowest BCUT2D eigenvalue weighted by molar-refractivity contribution is -0.384. The predicted molar refractivity (Wildman–Crippen MR) is 93.7 cm³/mol. The highest BCUT2D eigenvalue weighted by Crippen LogP contribution is 2.32. The van der Waals surface area contributed by atoms with Gasteiger partial charge in [-0.25, -0.2) is 5.43 Å². The first-order chi connectivity index (χ1) is 11.5. The molecule has 1 atom stereocenters. The molecule has 0 fully saturated rings. The number of thiophene rings is 1. The summed E-state index contributed by atoms with van der Waals surface area (Å²) >= 11 is 1.54. The van der Waals surface area contributed by atoms with Gasteiger partial charge >= 0.3 is 0 Å². The van der Waals surface area contributed by atoms with Gasteiger partial charge in [-0.1, -0.05) is 6.92 Å². The molecule has 124 valence electrons. The SMILES string of the molecule is C[C@@H]1CCc2sc(C(=O)N/N=C\c3ccc([N+](=O)[O-])cc3)cc2C1. The largest absolute Gasteiger partial charge is 0.281 e. The van der Waals surface area contributed by atoms with Crippen LogP contribution in [0.1, 0.15) is 39.0 Å². The van der Waals surface area contributed by atoms with Crippen LogP contribution in [-0.4, -0.2) is 17.0 Å². The molecule has 0 aliphatic heterocycles. The van der Waals surface area contributed by atoms with Crippen molar-refractivity contribution in [3.8, 4) is 0 Å². The lowest BCUT2D eigenvalue weighted by Crippen LogP contribution is -2.16. The predicted octanol–water partition coefficient (Wildman–Crippen LogP) is 3.55. The quantitative estimate of drug-likeness (QED) is 0.523. The topological polar surface area (TPSA) is 84.6 Å². The first kappa shape index (κ1) is 16.3. The molecule has 1 aromatic heterocycles. The van der Waals surface area contributed by atoms with Crippen LogP contribution in [0, 0.1) is 16.0 Å². The normalized spacial score (nSPS) is 16.8. The maximum absolute atomic E-state index is 12.2. The summed E-state index contributed by atoms with van der Waals surface area (Å²) in [4.78, 5) is 24.3. The van der Waals surface area contributed by atoms with Crippen LogP contribution in [0.3, 0.4) is 0 Å². The van der Waals surface area contributed by atoms with Gasteiger partial charge in [0.25, 0.3) is 11.6 Å². The minimum absolute atomic E-state index is 0.0228. The van der Waals surface area contributed by atoms with E-state index in [4.69, 9.17) is 0 Å². The van der Waals surface area contributed by atoms with E-state index in [0.717, 1.165) is 12.8 Å². The average Bonchev–Trinajstić information content (AvgIpc) is 2.98. The van der Waals surface area contributed by atoms with E-state index in [2.05, 4.69) is 17.5 Å². The summed E-state index contributed by atoms with van der Waals surface area (Å²) in [7, 11) is 0. The van der Waals surface area contributed by atoms with Crippen LogP contribution in [-0.2, 0) is 12.8 Å². The van der Waals surface area contributed by atoms with Gasteiger partial charge in [-0.3, -0.25) is 14.9 Å². The fourth-order valence-electron chi connectivity index (χ4n) is 2.72. The first-order valence-corrected chi connectivity index (χ1v) is 8.54. The van der Waals surface area contributed by atoms with Crippen molar-refractivity contribution < 1.29 is 9.72 Å². The van der Waals surface area contributed by atoms with Crippen LogP contribution >= 0.6 is 11.3 Å². The van der Waals surface area contributed by atoms with Gasteiger partial charge in [-0.2, -0.15) is 5.10 Å². The highest BCUT2D eigenvalue weighted by Gasteiger charge is 2.20. The number of rotatable bonds is 4. The van der Waals surface area contributed by atoms with Gasteiger partial charge in [0.15, 0.2) is 0 Å². The molecule has 3 rings (SSSR count). The number of hydrazone groups is 1. The molecular formula is C17H17N3O3S. The molecule has 1 aromatic carbocycles. The highest BCUT2D eigenvalue weighted by molar-refractivity contribution is 7.14. The summed E-state index contributed by atoms with van der Waals surface area (Å²) in [6, 6.07) is 7.93. The molecule has 0 radical (unpaired) electrons. The van der Waals surface area contributed by atoms with Crippen molar-refractivity contribution in [2.45, 2.75) is 26.2 Å². The third-order valence-electron chi connectivity index (χ3n) is 4.04. The summed E-state index contributed by atoms with van der Waals surface area (Å²) in [5.41, 5.74) is 4.50. The van der Waals surface area contributed by atoms with Crippen LogP contribution in [0.15, 0.2) is 35.4 Å². The second-order valence-corrected chi connectivity index (χ2v) is 7.09. The summed E-state index contributed by atoms with van der Waals surface area (Å²) in [6.07, 6.45) is 4.72. The van der Waals surface area contributed by atoms with Gasteiger partial charge < -0.3 is 0 Å². The van der Waals surface area contributed by atoms with Gasteiger partial charge in [0, 0.05) is 17.0 Å². The summed E-state index contributed by atoms with van der Waals surface area (Å²) < 4.78 is 0. The number of aryl methyl sites for hydroxylation is 1. The third kappa shape index (κ3) is 3.68. The Hall–Kier alpha value is -2.54. The van der Waals surface area contributed by atoms with Gasteiger partial charge in [0.05, 0.1) is 16.0 Å². The molecule has 7 heteroatoms. The van der Waals surface area contributed by atoms with E-state index >= 15 is 0 Å². The lowest BCUT2D eigenvalue weighted by Gasteiger charge is -2.16. The molecular weight excluding hydrogens is 326 g/mol. The molecule has 0 unspecified atom stereocenters. The number of nitro groups is 1. The van der Waals surface area contributed by atoms with Crippen LogP contribution in [0.5, 0.6) is 0 Å². The van der Waals surface area contributed by atoms with E-state index in [1.165, 1.54) is 46.5 Å². The number of carbonyl (C=O) groups excluding carboxylic acids is 1. The lowest BCUT2D eigenvalue weighted by atomic mass is 9.90. The Morgan fingerprint density at radius 1 is 1.42 bits per heavy atom. The van der Waals surface area contributed by atoms with Crippen molar-refractivity contribution in [2.75, 3.05) is 0 Å². The monoisotopic (exact) mass is 343 g/mol. The number of hydrogen-bond donors (Lipinski definition) is 1. The van der Waals surface area contributed by atoms with Gasteiger partial charge in [-0.15, -0.1) is 11.3 Å². The second-order valence-electron chi connectivity index (χ2n) is 5.95. The maximum atomic E-state index is 12.2. The molecule has 2 aromatic rings. The van der Waals surface area contributed by atoms with Crippen LogP contribution in [0.4, 0.5) is 5.69 Å². The minimum atomic E-state index is -0.456. The van der Waals surface area contributed by atoms with E-state index in [1.54, 1.807) is 12.1 Å². The van der Waals surface area contributed by atoms with Crippen molar-refractivity contribution in [1.82, 2.24) is 5.43 Å². The zero-order valence-corrected chi connectivity index (χ0v) is 14.0. The molecule has 0 saturated carbocycles. The zero-order valence-electron chi connectivity index (χ0n) is 13.2. The molecule has 1 aliphatic carbocycles. The molecule has 1 N–H and O–H groups in total.